The van der Waals surface area contributed by atoms with Gasteiger partial charge in [-0.05, 0) is 36.8 Å². The lowest BCUT2D eigenvalue weighted by Crippen LogP contribution is -2.36. The van der Waals surface area contributed by atoms with E-state index in [1.165, 1.54) is 0 Å². The van der Waals surface area contributed by atoms with Crippen LogP contribution >= 0.6 is 0 Å². The zero-order valence-corrected chi connectivity index (χ0v) is 10.0. The van der Waals surface area contributed by atoms with Crippen LogP contribution in [0.3, 0.4) is 0 Å². The van der Waals surface area contributed by atoms with Gasteiger partial charge in [-0.1, -0.05) is 37.3 Å². The third-order valence-electron chi connectivity index (χ3n) is 4.23. The number of rotatable bonds is 2. The van der Waals surface area contributed by atoms with Gasteiger partial charge in [-0.2, -0.15) is 0 Å². The van der Waals surface area contributed by atoms with Gasteiger partial charge in [-0.25, -0.2) is 0 Å². The predicted octanol–water partition coefficient (Wildman–Crippen LogP) is 3.23. The standard InChI is InChI=1S/C15H17NO/c1-15(10-11-7-8-12(15)9-11)14(17)16-13-5-3-2-4-6-13/h2-8,11-12H,9-10H2,1H3,(H,16,17)/t11-,12-,15+/m0/s1. The van der Waals surface area contributed by atoms with Crippen molar-refractivity contribution in [2.75, 3.05) is 5.32 Å². The molecule has 2 heteroatoms. The fourth-order valence-corrected chi connectivity index (χ4v) is 3.15. The summed E-state index contributed by atoms with van der Waals surface area (Å²) in [6, 6.07) is 9.71. The number of hydrogen-bond acceptors (Lipinski definition) is 1. The van der Waals surface area contributed by atoms with E-state index in [-0.39, 0.29) is 11.3 Å². The van der Waals surface area contributed by atoms with Crippen LogP contribution < -0.4 is 5.32 Å². The molecule has 1 amide bonds. The SMILES string of the molecule is C[C@@]1(C(=O)Nc2ccccc2)C[C@H]2C=C[C@H]1C2. The molecule has 3 atom stereocenters. The number of nitrogens with one attached hydrogen (secondary N) is 1. The molecule has 3 rings (SSSR count). The molecule has 2 bridgehead atoms. The number of fused-ring (bicyclic) bond motifs is 2. The van der Waals surface area contributed by atoms with Crippen LogP contribution in [0.4, 0.5) is 5.69 Å². The second kappa shape index (κ2) is 3.73. The molecule has 0 heterocycles. The van der Waals surface area contributed by atoms with Gasteiger partial charge in [-0.15, -0.1) is 0 Å². The van der Waals surface area contributed by atoms with Crippen molar-refractivity contribution in [2.24, 2.45) is 17.3 Å². The predicted molar refractivity (Wildman–Crippen MR) is 68.5 cm³/mol. The van der Waals surface area contributed by atoms with E-state index in [1.807, 2.05) is 30.3 Å². The molecule has 1 N–H and O–H groups in total. The molecule has 0 unspecified atom stereocenters. The van der Waals surface area contributed by atoms with Crippen LogP contribution in [0.15, 0.2) is 42.5 Å². The first-order valence-electron chi connectivity index (χ1n) is 6.23. The number of allylic oxidation sites excluding steroid dienone is 2. The highest BCUT2D eigenvalue weighted by atomic mass is 16.2. The number of hydrogen-bond donors (Lipinski definition) is 1. The molecule has 2 aliphatic rings. The van der Waals surface area contributed by atoms with E-state index in [9.17, 15) is 4.79 Å². The van der Waals surface area contributed by atoms with Gasteiger partial charge in [0.15, 0.2) is 0 Å². The van der Waals surface area contributed by atoms with Gasteiger partial charge in [-0.3, -0.25) is 4.79 Å². The molecule has 0 aliphatic heterocycles. The Morgan fingerprint density at radius 3 is 2.65 bits per heavy atom. The summed E-state index contributed by atoms with van der Waals surface area (Å²) in [4.78, 5) is 12.4. The molecule has 0 spiro atoms. The molecular formula is C15H17NO. The smallest absolute Gasteiger partial charge is 0.230 e. The first-order valence-corrected chi connectivity index (χ1v) is 6.23. The number of benzene rings is 1. The van der Waals surface area contributed by atoms with Crippen molar-refractivity contribution in [1.29, 1.82) is 0 Å². The average Bonchev–Trinajstić information content (AvgIpc) is 2.90. The van der Waals surface area contributed by atoms with Crippen LogP contribution in [-0.2, 0) is 4.79 Å². The van der Waals surface area contributed by atoms with Crippen molar-refractivity contribution in [3.8, 4) is 0 Å². The Hall–Kier alpha value is -1.57. The van der Waals surface area contributed by atoms with Gasteiger partial charge in [0.2, 0.25) is 5.91 Å². The van der Waals surface area contributed by atoms with E-state index in [1.54, 1.807) is 0 Å². The quantitative estimate of drug-likeness (QED) is 0.772. The lowest BCUT2D eigenvalue weighted by atomic mass is 9.77. The lowest BCUT2D eigenvalue weighted by Gasteiger charge is -2.29. The third-order valence-corrected chi connectivity index (χ3v) is 4.23. The van der Waals surface area contributed by atoms with Crippen LogP contribution in [0.1, 0.15) is 19.8 Å². The summed E-state index contributed by atoms with van der Waals surface area (Å²) >= 11 is 0. The van der Waals surface area contributed by atoms with Gasteiger partial charge < -0.3 is 5.32 Å². The van der Waals surface area contributed by atoms with Gasteiger partial charge in [0.25, 0.3) is 0 Å². The Balaban J connectivity index is 1.77. The average molecular weight is 227 g/mol. The molecule has 0 saturated heterocycles. The molecule has 2 nitrogen and oxygen atoms in total. The van der Waals surface area contributed by atoms with Crippen LogP contribution in [-0.4, -0.2) is 5.91 Å². The first-order chi connectivity index (χ1) is 8.18. The van der Waals surface area contributed by atoms with E-state index in [4.69, 9.17) is 0 Å². The Morgan fingerprint density at radius 2 is 2.06 bits per heavy atom. The summed E-state index contributed by atoms with van der Waals surface area (Å²) < 4.78 is 0. The lowest BCUT2D eigenvalue weighted by molar-refractivity contribution is -0.126. The highest BCUT2D eigenvalue weighted by Gasteiger charge is 2.49. The third kappa shape index (κ3) is 1.68. The van der Waals surface area contributed by atoms with Crippen molar-refractivity contribution < 1.29 is 4.79 Å². The summed E-state index contributed by atoms with van der Waals surface area (Å²) in [6.45, 7) is 2.10. The van der Waals surface area contributed by atoms with Crippen molar-refractivity contribution in [2.45, 2.75) is 19.8 Å². The number of anilines is 1. The van der Waals surface area contributed by atoms with Gasteiger partial charge in [0.1, 0.15) is 0 Å². The van der Waals surface area contributed by atoms with Crippen LogP contribution in [0.5, 0.6) is 0 Å². The van der Waals surface area contributed by atoms with Gasteiger partial charge >= 0.3 is 0 Å². The summed E-state index contributed by atoms with van der Waals surface area (Å²) in [5.74, 6) is 1.21. The minimum Gasteiger partial charge on any atom is -0.326 e. The van der Waals surface area contributed by atoms with Crippen molar-refractivity contribution >= 4 is 11.6 Å². The zero-order chi connectivity index (χ0) is 11.9. The second-order valence-electron chi connectivity index (χ2n) is 5.43. The van der Waals surface area contributed by atoms with E-state index in [0.29, 0.717) is 11.8 Å². The maximum absolute atomic E-state index is 12.4. The molecule has 1 fully saturated rings. The van der Waals surface area contributed by atoms with Crippen molar-refractivity contribution in [3.63, 3.8) is 0 Å². The number of carbonyl (C=O) groups excluding carboxylic acids is 1. The van der Waals surface area contributed by atoms with Crippen LogP contribution in [0, 0.1) is 17.3 Å². The molecular weight excluding hydrogens is 210 g/mol. The maximum atomic E-state index is 12.4. The maximum Gasteiger partial charge on any atom is 0.230 e. The molecule has 0 radical (unpaired) electrons. The zero-order valence-electron chi connectivity index (χ0n) is 10.0. The molecule has 1 saturated carbocycles. The summed E-state index contributed by atoms with van der Waals surface area (Å²) in [7, 11) is 0. The molecule has 0 aromatic heterocycles. The molecule has 17 heavy (non-hydrogen) atoms. The van der Waals surface area contributed by atoms with Crippen LogP contribution in [0.2, 0.25) is 0 Å². The fraction of sp³-hybridized carbons (Fsp3) is 0.400. The van der Waals surface area contributed by atoms with Crippen molar-refractivity contribution in [3.05, 3.63) is 42.5 Å². The fourth-order valence-electron chi connectivity index (χ4n) is 3.15. The van der Waals surface area contributed by atoms with E-state index >= 15 is 0 Å². The van der Waals surface area contributed by atoms with E-state index < -0.39 is 0 Å². The molecule has 88 valence electrons. The number of amides is 1. The van der Waals surface area contributed by atoms with Crippen LogP contribution in [0.25, 0.3) is 0 Å². The summed E-state index contributed by atoms with van der Waals surface area (Å²) in [6.07, 6.45) is 6.63. The second-order valence-corrected chi connectivity index (χ2v) is 5.43. The topological polar surface area (TPSA) is 29.1 Å². The normalized spacial score (nSPS) is 33.9. The summed E-state index contributed by atoms with van der Waals surface area (Å²) in [5, 5.41) is 3.04. The monoisotopic (exact) mass is 227 g/mol. The molecule has 2 aliphatic carbocycles. The number of carbonyl (C=O) groups is 1. The van der Waals surface area contributed by atoms with E-state index in [0.717, 1.165) is 18.5 Å². The minimum absolute atomic E-state index is 0.167. The molecule has 1 aromatic rings. The van der Waals surface area contributed by atoms with E-state index in [2.05, 4.69) is 24.4 Å². The van der Waals surface area contributed by atoms with Gasteiger partial charge in [0.05, 0.1) is 5.41 Å². The Bertz CT molecular complexity index is 465. The van der Waals surface area contributed by atoms with Crippen molar-refractivity contribution in [1.82, 2.24) is 0 Å². The Kier molecular flexibility index (Phi) is 2.32. The highest BCUT2D eigenvalue weighted by Crippen LogP contribution is 2.52. The number of para-hydroxylation sites is 1. The highest BCUT2D eigenvalue weighted by molar-refractivity contribution is 5.95. The first kappa shape index (κ1) is 10.6. The Labute approximate surface area is 102 Å². The largest absolute Gasteiger partial charge is 0.326 e. The Morgan fingerprint density at radius 1 is 1.29 bits per heavy atom. The van der Waals surface area contributed by atoms with Gasteiger partial charge in [0, 0.05) is 5.69 Å². The summed E-state index contributed by atoms with van der Waals surface area (Å²) in [5.41, 5.74) is 0.681. The minimum atomic E-state index is -0.213. The molecule has 1 aromatic carbocycles.